The zero-order chi connectivity index (χ0) is 26.7. The van der Waals surface area contributed by atoms with Crippen molar-refractivity contribution in [2.45, 2.75) is 58.5 Å². The van der Waals surface area contributed by atoms with Crippen LogP contribution in [0.2, 0.25) is 0 Å². The van der Waals surface area contributed by atoms with Gasteiger partial charge in [0.2, 0.25) is 5.91 Å². The van der Waals surface area contributed by atoms with Crippen LogP contribution in [0.1, 0.15) is 62.4 Å². The number of nitrogens with one attached hydrogen (secondary N) is 1. The lowest BCUT2D eigenvalue weighted by atomic mass is 9.58. The summed E-state index contributed by atoms with van der Waals surface area (Å²) in [6.07, 6.45) is 1.37. The van der Waals surface area contributed by atoms with Crippen LogP contribution in [-0.4, -0.2) is 58.3 Å². The lowest BCUT2D eigenvalue weighted by Gasteiger charge is -2.48. The fraction of sp³-hybridized carbons (Fsp3) is 0.481. The minimum absolute atomic E-state index is 0.0443. The van der Waals surface area contributed by atoms with Gasteiger partial charge in [-0.2, -0.15) is 0 Å². The summed E-state index contributed by atoms with van der Waals surface area (Å²) >= 11 is 0. The van der Waals surface area contributed by atoms with E-state index in [2.05, 4.69) is 5.32 Å². The number of aliphatic hydroxyl groups excluding tert-OH is 1. The Kier molecular flexibility index (Phi) is 6.33. The van der Waals surface area contributed by atoms with E-state index in [0.717, 1.165) is 6.92 Å². The first-order chi connectivity index (χ1) is 16.8. The highest BCUT2D eigenvalue weighted by molar-refractivity contribution is 6.21. The predicted molar refractivity (Wildman–Crippen MR) is 133 cm³/mol. The summed E-state index contributed by atoms with van der Waals surface area (Å²) in [5, 5.41) is 36.4. The van der Waals surface area contributed by atoms with Gasteiger partial charge in [0.25, 0.3) is 0 Å². The molecule has 3 atom stereocenters. The molecule has 3 aliphatic rings. The molecular formula is C27H32N2O7. The largest absolute Gasteiger partial charge is 0.508 e. The molecule has 1 aromatic rings. The Balaban J connectivity index is 1.92. The maximum atomic E-state index is 13.9. The van der Waals surface area contributed by atoms with Crippen LogP contribution < -0.4 is 10.2 Å². The van der Waals surface area contributed by atoms with E-state index < -0.39 is 40.2 Å². The fourth-order valence-electron chi connectivity index (χ4n) is 6.07. The number of hydrogen-bond acceptors (Lipinski definition) is 8. The molecule has 36 heavy (non-hydrogen) atoms. The van der Waals surface area contributed by atoms with Gasteiger partial charge in [0, 0.05) is 44.1 Å². The topological polar surface area (TPSA) is 144 Å². The third-order valence-electron chi connectivity index (χ3n) is 7.74. The highest BCUT2D eigenvalue weighted by Gasteiger charge is 2.56. The summed E-state index contributed by atoms with van der Waals surface area (Å²) in [5.41, 5.74) is -0.580. The van der Waals surface area contributed by atoms with Crippen LogP contribution in [0.3, 0.4) is 0 Å². The Bertz CT molecular complexity index is 1270. The van der Waals surface area contributed by atoms with Crippen LogP contribution in [0, 0.1) is 11.8 Å². The minimum atomic E-state index is -2.03. The number of nitrogens with zero attached hydrogens (tertiary/aromatic N) is 1. The minimum Gasteiger partial charge on any atom is -0.508 e. The van der Waals surface area contributed by atoms with Crippen LogP contribution in [0.15, 0.2) is 28.5 Å². The zero-order valence-corrected chi connectivity index (χ0v) is 21.2. The van der Waals surface area contributed by atoms with Gasteiger partial charge in [0.15, 0.2) is 23.1 Å². The molecule has 9 heteroatoms. The normalized spacial score (nSPS) is 25.3. The number of amides is 1. The standard InChI is InChI=1S/C27H32N2O7/c1-6-7-20(32)28-17-11-18(29(4)5)16-9-14-8-15-10-19(31)22(13(3)30)26(35)27(15,36)12(2)21(14)25(34)23(16)24(17)33/h11,14-15,33,35-36H,6-10H2,1-5H3,(H,28,32)/t14-,15+,27-/m1/s1. The SMILES string of the molecule is CCCC(=O)Nc1cc(N(C)C)c2c(c1O)C(=O)C1=C(C)[C@]3(O)C(O)=C(C(C)=O)C(=O)C[C@@H]3C[C@@H]1C2. The Morgan fingerprint density at radius 2 is 1.86 bits per heavy atom. The third-order valence-corrected chi connectivity index (χ3v) is 7.74. The van der Waals surface area contributed by atoms with E-state index in [1.54, 1.807) is 25.1 Å². The first-order valence-electron chi connectivity index (χ1n) is 12.2. The molecule has 0 saturated heterocycles. The maximum absolute atomic E-state index is 13.9. The summed E-state index contributed by atoms with van der Waals surface area (Å²) in [6.45, 7) is 4.54. The summed E-state index contributed by atoms with van der Waals surface area (Å²) in [6, 6.07) is 1.65. The summed E-state index contributed by atoms with van der Waals surface area (Å²) in [4.78, 5) is 52.7. The van der Waals surface area contributed by atoms with Gasteiger partial charge in [-0.15, -0.1) is 0 Å². The number of hydrogen-bond donors (Lipinski definition) is 4. The molecule has 0 bridgehead atoms. The molecule has 0 aromatic heterocycles. The number of benzene rings is 1. The number of phenolic OH excluding ortho intramolecular Hbond substituents is 1. The first kappa shape index (κ1) is 25.6. The second kappa shape index (κ2) is 8.89. The van der Waals surface area contributed by atoms with E-state index in [1.165, 1.54) is 6.92 Å². The molecule has 4 N–H and O–H groups in total. The number of carbonyl (C=O) groups is 4. The van der Waals surface area contributed by atoms with Crippen LogP contribution >= 0.6 is 0 Å². The molecule has 1 amide bonds. The second-order valence-corrected chi connectivity index (χ2v) is 10.2. The van der Waals surface area contributed by atoms with Gasteiger partial charge in [0.05, 0.1) is 11.3 Å². The average Bonchev–Trinajstić information content (AvgIpc) is 2.77. The first-order valence-corrected chi connectivity index (χ1v) is 12.2. The Labute approximate surface area is 209 Å². The van der Waals surface area contributed by atoms with Crippen molar-refractivity contribution in [1.29, 1.82) is 0 Å². The van der Waals surface area contributed by atoms with Crippen molar-refractivity contribution in [2.24, 2.45) is 11.8 Å². The molecule has 0 spiro atoms. The van der Waals surface area contributed by atoms with Crippen LogP contribution in [0.4, 0.5) is 11.4 Å². The molecular weight excluding hydrogens is 464 g/mol. The average molecular weight is 497 g/mol. The van der Waals surface area contributed by atoms with Gasteiger partial charge in [-0.25, -0.2) is 0 Å². The van der Waals surface area contributed by atoms with Crippen LogP contribution in [0.25, 0.3) is 0 Å². The smallest absolute Gasteiger partial charge is 0.224 e. The molecule has 0 unspecified atom stereocenters. The number of allylic oxidation sites excluding steroid dienone is 2. The van der Waals surface area contributed by atoms with E-state index >= 15 is 0 Å². The number of anilines is 2. The number of rotatable bonds is 5. The molecule has 9 nitrogen and oxygen atoms in total. The van der Waals surface area contributed by atoms with E-state index in [1.807, 2.05) is 6.92 Å². The fourth-order valence-corrected chi connectivity index (χ4v) is 6.07. The lowest BCUT2D eigenvalue weighted by molar-refractivity contribution is -0.126. The molecule has 0 radical (unpaired) electrons. The van der Waals surface area contributed by atoms with Gasteiger partial charge in [-0.05, 0) is 56.2 Å². The van der Waals surface area contributed by atoms with Gasteiger partial charge in [-0.3, -0.25) is 19.2 Å². The van der Waals surface area contributed by atoms with Gasteiger partial charge < -0.3 is 25.5 Å². The van der Waals surface area contributed by atoms with Crippen molar-refractivity contribution < 1.29 is 34.5 Å². The summed E-state index contributed by atoms with van der Waals surface area (Å²) < 4.78 is 0. The maximum Gasteiger partial charge on any atom is 0.224 e. The molecule has 1 aromatic carbocycles. The quantitative estimate of drug-likeness (QED) is 0.360. The highest BCUT2D eigenvalue weighted by atomic mass is 16.3. The number of phenols is 1. The van der Waals surface area contributed by atoms with E-state index in [9.17, 15) is 34.5 Å². The third kappa shape index (κ3) is 3.64. The highest BCUT2D eigenvalue weighted by Crippen LogP contribution is 2.54. The number of Topliss-reactive ketones (excluding diaryl/α,β-unsaturated/α-hetero) is 3. The molecule has 0 fully saturated rings. The number of aromatic hydroxyl groups is 1. The number of carbonyl (C=O) groups excluding carboxylic acids is 4. The summed E-state index contributed by atoms with van der Waals surface area (Å²) in [7, 11) is 3.61. The predicted octanol–water partition coefficient (Wildman–Crippen LogP) is 2.99. The van der Waals surface area contributed by atoms with E-state index in [4.69, 9.17) is 0 Å². The Hall–Kier alpha value is -3.46. The number of fused-ring (bicyclic) bond motifs is 3. The molecule has 4 rings (SSSR count). The molecule has 0 aliphatic heterocycles. The number of aliphatic hydroxyl groups is 2. The van der Waals surface area contributed by atoms with Crippen molar-refractivity contribution in [3.63, 3.8) is 0 Å². The molecule has 0 saturated carbocycles. The van der Waals surface area contributed by atoms with Crippen molar-refractivity contribution in [3.8, 4) is 5.75 Å². The van der Waals surface area contributed by atoms with Crippen molar-refractivity contribution in [1.82, 2.24) is 0 Å². The van der Waals surface area contributed by atoms with Gasteiger partial charge >= 0.3 is 0 Å². The second-order valence-electron chi connectivity index (χ2n) is 10.2. The summed E-state index contributed by atoms with van der Waals surface area (Å²) in [5.74, 6) is -4.07. The molecule has 0 heterocycles. The van der Waals surface area contributed by atoms with Crippen molar-refractivity contribution >= 4 is 34.6 Å². The van der Waals surface area contributed by atoms with Crippen molar-refractivity contribution in [3.05, 3.63) is 39.7 Å². The van der Waals surface area contributed by atoms with E-state index in [0.29, 0.717) is 24.1 Å². The van der Waals surface area contributed by atoms with Crippen LogP contribution in [-0.2, 0) is 20.8 Å². The number of ketones is 3. The van der Waals surface area contributed by atoms with Crippen molar-refractivity contribution in [2.75, 3.05) is 24.3 Å². The Morgan fingerprint density at radius 3 is 2.44 bits per heavy atom. The van der Waals surface area contributed by atoms with E-state index in [-0.39, 0.29) is 59.2 Å². The van der Waals surface area contributed by atoms with Gasteiger partial charge in [0.1, 0.15) is 16.9 Å². The zero-order valence-electron chi connectivity index (χ0n) is 21.2. The Morgan fingerprint density at radius 1 is 1.19 bits per heavy atom. The molecule has 3 aliphatic carbocycles. The monoisotopic (exact) mass is 496 g/mol. The van der Waals surface area contributed by atoms with Crippen LogP contribution in [0.5, 0.6) is 5.75 Å². The van der Waals surface area contributed by atoms with Gasteiger partial charge in [-0.1, -0.05) is 6.92 Å². The lowest BCUT2D eigenvalue weighted by Crippen LogP contribution is -2.52. The molecule has 192 valence electrons.